The molecule has 1 amide bonds. The third-order valence-electron chi connectivity index (χ3n) is 4.33. The van der Waals surface area contributed by atoms with Crippen LogP contribution in [0.4, 0.5) is 5.69 Å². The highest BCUT2D eigenvalue weighted by Crippen LogP contribution is 2.29. The first-order valence-electron chi connectivity index (χ1n) is 8.51. The zero-order chi connectivity index (χ0) is 19.4. The molecule has 142 valence electrons. The van der Waals surface area contributed by atoms with Gasteiger partial charge in [-0.15, -0.1) is 11.8 Å². The fourth-order valence-electron chi connectivity index (χ4n) is 2.89. The molecule has 2 aromatic rings. The average Bonchev–Trinajstić information content (AvgIpc) is 2.68. The van der Waals surface area contributed by atoms with Gasteiger partial charge in [-0.3, -0.25) is 14.9 Å². The number of hydrogen-bond donors (Lipinski definition) is 0. The topological polar surface area (TPSA) is 72.7 Å². The number of rotatable bonds is 5. The Morgan fingerprint density at radius 3 is 2.56 bits per heavy atom. The second-order valence-corrected chi connectivity index (χ2v) is 8.54. The zero-order valence-electron chi connectivity index (χ0n) is 14.7. The number of nitro benzene ring substituents is 1. The summed E-state index contributed by atoms with van der Waals surface area (Å²) in [5.74, 6) is 0.0452. The number of non-ortho nitro benzene ring substituents is 1. The van der Waals surface area contributed by atoms with Crippen molar-refractivity contribution in [3.63, 3.8) is 0 Å². The minimum absolute atomic E-state index is 0.0452. The molecule has 0 aliphatic carbocycles. The first-order chi connectivity index (χ1) is 12.9. The van der Waals surface area contributed by atoms with E-state index in [-0.39, 0.29) is 22.9 Å². The Kier molecular flexibility index (Phi) is 6.51. The molecule has 3 rings (SSSR count). The van der Waals surface area contributed by atoms with E-state index in [2.05, 4.69) is 15.9 Å². The maximum Gasteiger partial charge on any atom is 0.269 e. The van der Waals surface area contributed by atoms with Gasteiger partial charge in [-0.25, -0.2) is 0 Å². The summed E-state index contributed by atoms with van der Waals surface area (Å²) in [6, 6.07) is 14.2. The van der Waals surface area contributed by atoms with Gasteiger partial charge in [0.2, 0.25) is 5.91 Å². The lowest BCUT2D eigenvalue weighted by Crippen LogP contribution is -2.45. The van der Waals surface area contributed by atoms with Crippen LogP contribution in [0.5, 0.6) is 0 Å². The second kappa shape index (κ2) is 8.86. The molecule has 1 saturated heterocycles. The van der Waals surface area contributed by atoms with Gasteiger partial charge in [-0.2, -0.15) is 0 Å². The lowest BCUT2D eigenvalue weighted by molar-refractivity contribution is -0.384. The largest absolute Gasteiger partial charge is 0.370 e. The number of hydrogen-bond acceptors (Lipinski definition) is 5. The van der Waals surface area contributed by atoms with Crippen molar-refractivity contribution in [2.75, 3.05) is 19.7 Å². The molecule has 2 unspecified atom stereocenters. The lowest BCUT2D eigenvalue weighted by Gasteiger charge is -2.34. The number of carbonyl (C=O) groups is 1. The Balaban J connectivity index is 1.61. The molecule has 1 fully saturated rings. The molecule has 1 aliphatic heterocycles. The molecule has 6 nitrogen and oxygen atoms in total. The highest BCUT2D eigenvalue weighted by atomic mass is 79.9. The smallest absolute Gasteiger partial charge is 0.269 e. The summed E-state index contributed by atoms with van der Waals surface area (Å²) in [6.45, 7) is 3.45. The van der Waals surface area contributed by atoms with Crippen LogP contribution in [0.2, 0.25) is 0 Å². The van der Waals surface area contributed by atoms with E-state index in [0.717, 1.165) is 14.9 Å². The summed E-state index contributed by atoms with van der Waals surface area (Å²) in [5, 5.41) is 10.5. The van der Waals surface area contributed by atoms with Crippen LogP contribution in [0.15, 0.2) is 57.9 Å². The van der Waals surface area contributed by atoms with Crippen LogP contribution in [0.3, 0.4) is 0 Å². The van der Waals surface area contributed by atoms with Gasteiger partial charge in [-0.05, 0) is 36.8 Å². The number of nitrogens with zero attached hydrogens (tertiary/aromatic N) is 2. The molecule has 0 bridgehead atoms. The Morgan fingerprint density at radius 2 is 1.93 bits per heavy atom. The number of amides is 1. The molecule has 0 N–H and O–H groups in total. The van der Waals surface area contributed by atoms with Crippen molar-refractivity contribution in [2.24, 2.45) is 0 Å². The van der Waals surface area contributed by atoms with Crippen molar-refractivity contribution in [2.45, 2.75) is 23.2 Å². The predicted molar refractivity (Wildman–Crippen MR) is 108 cm³/mol. The van der Waals surface area contributed by atoms with Gasteiger partial charge in [0.05, 0.1) is 23.3 Å². The Morgan fingerprint density at radius 1 is 1.26 bits per heavy atom. The zero-order valence-corrected chi connectivity index (χ0v) is 17.1. The van der Waals surface area contributed by atoms with Crippen molar-refractivity contribution in [1.29, 1.82) is 0 Å². The maximum atomic E-state index is 12.8. The minimum Gasteiger partial charge on any atom is -0.370 e. The molecule has 27 heavy (non-hydrogen) atoms. The number of morpholine rings is 1. The van der Waals surface area contributed by atoms with Crippen LogP contribution in [-0.2, 0) is 9.53 Å². The molecule has 8 heteroatoms. The van der Waals surface area contributed by atoms with Crippen LogP contribution < -0.4 is 0 Å². The van der Waals surface area contributed by atoms with Crippen molar-refractivity contribution in [3.8, 4) is 0 Å². The second-order valence-electron chi connectivity index (χ2n) is 6.21. The molecule has 0 saturated carbocycles. The van der Waals surface area contributed by atoms with Crippen LogP contribution in [0.1, 0.15) is 18.6 Å². The SMILES string of the molecule is CC(Sc1ccc([N+](=O)[O-])cc1)C(=O)N1CCOC(c2ccc(Br)cc2)C1. The van der Waals surface area contributed by atoms with E-state index in [1.165, 1.54) is 23.9 Å². The van der Waals surface area contributed by atoms with Crippen molar-refractivity contribution in [3.05, 3.63) is 68.7 Å². The quantitative estimate of drug-likeness (QED) is 0.382. The van der Waals surface area contributed by atoms with E-state index in [1.54, 1.807) is 12.1 Å². The molecule has 2 atom stereocenters. The van der Waals surface area contributed by atoms with Gasteiger partial charge < -0.3 is 9.64 Å². The molecule has 1 aliphatic rings. The normalized spacial score (nSPS) is 18.1. The van der Waals surface area contributed by atoms with E-state index >= 15 is 0 Å². The van der Waals surface area contributed by atoms with Gasteiger partial charge in [-0.1, -0.05) is 28.1 Å². The van der Waals surface area contributed by atoms with Crippen molar-refractivity contribution in [1.82, 2.24) is 4.90 Å². The van der Waals surface area contributed by atoms with E-state index < -0.39 is 4.92 Å². The number of nitro groups is 1. The van der Waals surface area contributed by atoms with E-state index in [0.29, 0.717) is 19.7 Å². The summed E-state index contributed by atoms with van der Waals surface area (Å²) in [7, 11) is 0. The fraction of sp³-hybridized carbons (Fsp3) is 0.316. The van der Waals surface area contributed by atoms with E-state index in [4.69, 9.17) is 4.74 Å². The molecule has 1 heterocycles. The molecule has 2 aromatic carbocycles. The van der Waals surface area contributed by atoms with Crippen molar-refractivity contribution < 1.29 is 14.5 Å². The van der Waals surface area contributed by atoms with Crippen LogP contribution >= 0.6 is 27.7 Å². The Hall–Kier alpha value is -1.90. The standard InChI is InChI=1S/C19H19BrN2O4S/c1-13(27-17-8-6-16(7-9-17)22(24)25)19(23)21-10-11-26-18(12-21)14-2-4-15(20)5-3-14/h2-9,13,18H,10-12H2,1H3. The Labute approximate surface area is 170 Å². The summed E-state index contributed by atoms with van der Waals surface area (Å²) in [4.78, 5) is 25.8. The molecule has 0 aromatic heterocycles. The highest BCUT2D eigenvalue weighted by molar-refractivity contribution is 9.10. The van der Waals surface area contributed by atoms with E-state index in [1.807, 2.05) is 36.1 Å². The van der Waals surface area contributed by atoms with Gasteiger partial charge in [0.1, 0.15) is 6.10 Å². The fourth-order valence-corrected chi connectivity index (χ4v) is 4.10. The van der Waals surface area contributed by atoms with Gasteiger partial charge in [0.15, 0.2) is 0 Å². The van der Waals surface area contributed by atoms with Gasteiger partial charge >= 0.3 is 0 Å². The summed E-state index contributed by atoms with van der Waals surface area (Å²) in [5.41, 5.74) is 1.09. The molecular formula is C19H19BrN2O4S. The third-order valence-corrected chi connectivity index (χ3v) is 5.96. The molecule has 0 spiro atoms. The average molecular weight is 451 g/mol. The number of halogens is 1. The maximum absolute atomic E-state index is 12.8. The molecule has 0 radical (unpaired) electrons. The number of thioether (sulfide) groups is 1. The first-order valence-corrected chi connectivity index (χ1v) is 10.2. The lowest BCUT2D eigenvalue weighted by atomic mass is 10.1. The highest BCUT2D eigenvalue weighted by Gasteiger charge is 2.28. The third kappa shape index (κ3) is 5.09. The summed E-state index contributed by atoms with van der Waals surface area (Å²) >= 11 is 4.83. The first kappa shape index (κ1) is 19.9. The molecular weight excluding hydrogens is 432 g/mol. The van der Waals surface area contributed by atoms with Crippen LogP contribution in [0.25, 0.3) is 0 Å². The van der Waals surface area contributed by atoms with Gasteiger partial charge in [0.25, 0.3) is 5.69 Å². The monoisotopic (exact) mass is 450 g/mol. The Bertz CT molecular complexity index is 813. The number of benzene rings is 2. The van der Waals surface area contributed by atoms with E-state index in [9.17, 15) is 14.9 Å². The number of ether oxygens (including phenoxy) is 1. The summed E-state index contributed by atoms with van der Waals surface area (Å²) < 4.78 is 6.84. The van der Waals surface area contributed by atoms with Crippen LogP contribution in [0, 0.1) is 10.1 Å². The van der Waals surface area contributed by atoms with Crippen LogP contribution in [-0.4, -0.2) is 40.7 Å². The predicted octanol–water partition coefficient (Wildman–Crippen LogP) is 4.44. The van der Waals surface area contributed by atoms with Crippen molar-refractivity contribution >= 4 is 39.3 Å². The minimum atomic E-state index is -0.432. The van der Waals surface area contributed by atoms with Gasteiger partial charge in [0, 0.05) is 28.0 Å². The number of carbonyl (C=O) groups excluding carboxylic acids is 1. The summed E-state index contributed by atoms with van der Waals surface area (Å²) in [6.07, 6.45) is -0.132.